The minimum atomic E-state index is -0.158. The molecule has 2 N–H and O–H groups in total. The third kappa shape index (κ3) is 4.36. The molecule has 0 aliphatic carbocycles. The highest BCUT2D eigenvalue weighted by molar-refractivity contribution is 5.95. The summed E-state index contributed by atoms with van der Waals surface area (Å²) >= 11 is 0. The van der Waals surface area contributed by atoms with E-state index < -0.39 is 0 Å². The van der Waals surface area contributed by atoms with Crippen molar-refractivity contribution in [2.24, 2.45) is 0 Å². The summed E-state index contributed by atoms with van der Waals surface area (Å²) in [6.07, 6.45) is 3.17. The van der Waals surface area contributed by atoms with Gasteiger partial charge in [0, 0.05) is 31.5 Å². The van der Waals surface area contributed by atoms with Crippen LogP contribution in [0.2, 0.25) is 0 Å². The third-order valence-electron chi connectivity index (χ3n) is 4.18. The van der Waals surface area contributed by atoms with E-state index in [0.29, 0.717) is 23.4 Å². The molecule has 3 rings (SSSR count). The maximum Gasteiger partial charge on any atom is 0.253 e. The monoisotopic (exact) mass is 360 g/mol. The Morgan fingerprint density at radius 2 is 1.78 bits per heavy atom. The smallest absolute Gasteiger partial charge is 0.253 e. The van der Waals surface area contributed by atoms with Crippen molar-refractivity contribution in [1.82, 2.24) is 20.6 Å². The number of hydrogen-bond donors (Lipinski definition) is 2. The van der Waals surface area contributed by atoms with Crippen molar-refractivity contribution in [3.05, 3.63) is 83.3 Å². The van der Waals surface area contributed by atoms with E-state index in [9.17, 15) is 9.59 Å². The average Bonchev–Trinajstić information content (AvgIpc) is 2.72. The normalized spacial score (nSPS) is 10.3. The van der Waals surface area contributed by atoms with E-state index in [-0.39, 0.29) is 11.8 Å². The van der Waals surface area contributed by atoms with Crippen molar-refractivity contribution in [2.45, 2.75) is 13.5 Å². The zero-order valence-electron chi connectivity index (χ0n) is 15.2. The predicted molar refractivity (Wildman–Crippen MR) is 103 cm³/mol. The molecule has 6 nitrogen and oxygen atoms in total. The fourth-order valence-corrected chi connectivity index (χ4v) is 2.67. The van der Waals surface area contributed by atoms with Gasteiger partial charge in [-0.1, -0.05) is 24.3 Å². The first-order valence-electron chi connectivity index (χ1n) is 8.56. The molecule has 0 saturated heterocycles. The second kappa shape index (κ2) is 8.23. The molecule has 0 spiro atoms. The number of nitrogens with one attached hydrogen (secondary N) is 2. The molecule has 0 radical (unpaired) electrons. The molecule has 6 heteroatoms. The van der Waals surface area contributed by atoms with Gasteiger partial charge in [0.15, 0.2) is 0 Å². The number of benzene rings is 1. The van der Waals surface area contributed by atoms with Crippen LogP contribution in [0.1, 0.15) is 32.0 Å². The van der Waals surface area contributed by atoms with Crippen molar-refractivity contribution >= 4 is 11.8 Å². The number of carbonyl (C=O) groups excluding carboxylic acids is 2. The fraction of sp³-hybridized carbons (Fsp3) is 0.143. The van der Waals surface area contributed by atoms with Gasteiger partial charge >= 0.3 is 0 Å². The Morgan fingerprint density at radius 3 is 2.41 bits per heavy atom. The van der Waals surface area contributed by atoms with Crippen LogP contribution >= 0.6 is 0 Å². The lowest BCUT2D eigenvalue weighted by Crippen LogP contribution is -2.22. The van der Waals surface area contributed by atoms with Gasteiger partial charge < -0.3 is 10.6 Å². The molecule has 0 fully saturated rings. The van der Waals surface area contributed by atoms with E-state index in [1.807, 2.05) is 37.3 Å². The van der Waals surface area contributed by atoms with Crippen LogP contribution in [-0.2, 0) is 6.54 Å². The summed E-state index contributed by atoms with van der Waals surface area (Å²) in [4.78, 5) is 32.3. The van der Waals surface area contributed by atoms with Gasteiger partial charge in [0.25, 0.3) is 11.8 Å². The van der Waals surface area contributed by atoms with Crippen LogP contribution in [-0.4, -0.2) is 28.8 Å². The quantitative estimate of drug-likeness (QED) is 0.733. The van der Waals surface area contributed by atoms with Crippen molar-refractivity contribution in [3.8, 4) is 11.3 Å². The summed E-state index contributed by atoms with van der Waals surface area (Å²) in [7, 11) is 1.60. The molecule has 1 aromatic carbocycles. The fourth-order valence-electron chi connectivity index (χ4n) is 2.67. The van der Waals surface area contributed by atoms with E-state index in [4.69, 9.17) is 0 Å². The lowest BCUT2D eigenvalue weighted by molar-refractivity contribution is 0.0946. The molecule has 2 aromatic heterocycles. The number of aromatic nitrogens is 2. The van der Waals surface area contributed by atoms with Gasteiger partial charge in [-0.3, -0.25) is 19.6 Å². The highest BCUT2D eigenvalue weighted by Crippen LogP contribution is 2.20. The molecule has 0 aliphatic rings. The molecule has 3 aromatic rings. The Kier molecular flexibility index (Phi) is 5.56. The summed E-state index contributed by atoms with van der Waals surface area (Å²) in [5.74, 6) is -0.305. The highest BCUT2D eigenvalue weighted by Gasteiger charge is 2.10. The minimum Gasteiger partial charge on any atom is -0.355 e. The minimum absolute atomic E-state index is 0.147. The summed E-state index contributed by atoms with van der Waals surface area (Å²) < 4.78 is 0. The van der Waals surface area contributed by atoms with Gasteiger partial charge in [-0.05, 0) is 36.8 Å². The first-order valence-corrected chi connectivity index (χ1v) is 8.56. The summed E-state index contributed by atoms with van der Waals surface area (Å²) in [5.41, 5.74) is 4.50. The molecule has 136 valence electrons. The van der Waals surface area contributed by atoms with Crippen molar-refractivity contribution < 1.29 is 9.59 Å². The maximum absolute atomic E-state index is 12.1. The highest BCUT2D eigenvalue weighted by atomic mass is 16.2. The van der Waals surface area contributed by atoms with Crippen LogP contribution in [0.25, 0.3) is 11.3 Å². The molecule has 27 heavy (non-hydrogen) atoms. The molecule has 2 amide bonds. The predicted octanol–water partition coefficient (Wildman–Crippen LogP) is 2.74. The number of rotatable bonds is 5. The van der Waals surface area contributed by atoms with Crippen molar-refractivity contribution in [1.29, 1.82) is 0 Å². The molecule has 0 saturated carbocycles. The zero-order valence-corrected chi connectivity index (χ0v) is 15.2. The second-order valence-corrected chi connectivity index (χ2v) is 6.03. The lowest BCUT2D eigenvalue weighted by atomic mass is 10.1. The Morgan fingerprint density at radius 1 is 1.00 bits per heavy atom. The number of amides is 2. The van der Waals surface area contributed by atoms with Crippen molar-refractivity contribution in [2.75, 3.05) is 7.05 Å². The Labute approximate surface area is 157 Å². The second-order valence-electron chi connectivity index (χ2n) is 6.03. The van der Waals surface area contributed by atoms with Gasteiger partial charge in [0.1, 0.15) is 0 Å². The van der Waals surface area contributed by atoms with Gasteiger partial charge in [0.2, 0.25) is 0 Å². The van der Waals surface area contributed by atoms with Gasteiger partial charge in [0.05, 0.1) is 22.5 Å². The van der Waals surface area contributed by atoms with E-state index in [1.54, 1.807) is 31.4 Å². The topological polar surface area (TPSA) is 84.0 Å². The Hall–Kier alpha value is -3.54. The summed E-state index contributed by atoms with van der Waals surface area (Å²) in [5, 5.41) is 5.48. The number of aryl methyl sites for hydroxylation is 1. The number of hydrogen-bond acceptors (Lipinski definition) is 4. The molecule has 0 bridgehead atoms. The van der Waals surface area contributed by atoms with Crippen LogP contribution in [0.15, 0.2) is 60.9 Å². The Bertz CT molecular complexity index is 954. The van der Waals surface area contributed by atoms with E-state index >= 15 is 0 Å². The third-order valence-corrected chi connectivity index (χ3v) is 4.18. The molecular weight excluding hydrogens is 340 g/mol. The van der Waals surface area contributed by atoms with Crippen molar-refractivity contribution in [3.63, 3.8) is 0 Å². The standard InChI is InChI=1S/C21H20N4O2/c1-14-18(21(27)22-2)9-10-19(25-14)16-7-5-15(6-8-16)12-24-20(26)17-4-3-11-23-13-17/h3-11,13H,12H2,1-2H3,(H,22,27)(H,24,26). The van der Waals surface area contributed by atoms with Gasteiger partial charge in [-0.25, -0.2) is 0 Å². The SMILES string of the molecule is CNC(=O)c1ccc(-c2ccc(CNC(=O)c3cccnc3)cc2)nc1C. The van der Waals surface area contributed by atoms with Gasteiger partial charge in [-0.2, -0.15) is 0 Å². The maximum atomic E-state index is 12.1. The molecule has 2 heterocycles. The van der Waals surface area contributed by atoms with Gasteiger partial charge in [-0.15, -0.1) is 0 Å². The molecular formula is C21H20N4O2. The molecule has 0 aliphatic heterocycles. The first-order chi connectivity index (χ1) is 13.1. The van der Waals surface area contributed by atoms with Crippen LogP contribution < -0.4 is 10.6 Å². The Balaban J connectivity index is 1.68. The van der Waals surface area contributed by atoms with E-state index in [2.05, 4.69) is 20.6 Å². The molecule has 0 atom stereocenters. The largest absolute Gasteiger partial charge is 0.355 e. The van der Waals surface area contributed by atoms with Crippen LogP contribution in [0.3, 0.4) is 0 Å². The number of pyridine rings is 2. The summed E-state index contributed by atoms with van der Waals surface area (Å²) in [6, 6.07) is 14.9. The first kappa shape index (κ1) is 18.3. The lowest BCUT2D eigenvalue weighted by Gasteiger charge is -2.08. The van der Waals surface area contributed by atoms with Crippen LogP contribution in [0, 0.1) is 6.92 Å². The average molecular weight is 360 g/mol. The van der Waals surface area contributed by atoms with E-state index in [1.165, 1.54) is 6.20 Å². The summed E-state index contributed by atoms with van der Waals surface area (Å²) in [6.45, 7) is 2.24. The zero-order chi connectivity index (χ0) is 19.2. The van der Waals surface area contributed by atoms with Crippen LogP contribution in [0.5, 0.6) is 0 Å². The van der Waals surface area contributed by atoms with Crippen LogP contribution in [0.4, 0.5) is 0 Å². The number of nitrogens with zero attached hydrogens (tertiary/aromatic N) is 2. The molecule has 0 unspecified atom stereocenters. The number of carbonyl (C=O) groups is 2. The van der Waals surface area contributed by atoms with E-state index in [0.717, 1.165) is 16.8 Å².